The van der Waals surface area contributed by atoms with Crippen molar-refractivity contribution >= 4 is 36.2 Å². The Morgan fingerprint density at radius 1 is 1.70 bits per heavy atom. The average Bonchev–Trinajstić information content (AvgIpc) is 2.15. The summed E-state index contributed by atoms with van der Waals surface area (Å²) in [5.74, 6) is -0.770. The van der Waals surface area contributed by atoms with Gasteiger partial charge in [-0.2, -0.15) is 11.3 Å². The van der Waals surface area contributed by atoms with Crippen LogP contribution in [0.15, 0.2) is 16.8 Å². The van der Waals surface area contributed by atoms with Crippen LogP contribution in [0.4, 0.5) is 0 Å². The molecule has 0 aliphatic carbocycles. The molecule has 2 nitrogen and oxygen atoms in total. The van der Waals surface area contributed by atoms with Gasteiger partial charge in [-0.3, -0.25) is 4.79 Å². The molecule has 0 spiro atoms. The zero-order chi connectivity index (χ0) is 6.69. The fourth-order valence-corrected chi connectivity index (χ4v) is 1.24. The minimum atomic E-state index is -0.770. The van der Waals surface area contributed by atoms with Crippen molar-refractivity contribution in [1.29, 1.82) is 0 Å². The van der Waals surface area contributed by atoms with E-state index in [2.05, 4.69) is 0 Å². The van der Waals surface area contributed by atoms with E-state index >= 15 is 0 Å². The molecule has 10 heavy (non-hydrogen) atoms. The number of aliphatic carboxylic acids is 1. The van der Waals surface area contributed by atoms with E-state index < -0.39 is 5.97 Å². The molecule has 0 amide bonds. The van der Waals surface area contributed by atoms with Gasteiger partial charge in [0.25, 0.3) is 0 Å². The molecule has 0 atom stereocenters. The first kappa shape index (κ1) is 9.77. The quantitative estimate of drug-likeness (QED) is 0.631. The van der Waals surface area contributed by atoms with E-state index in [4.69, 9.17) is 5.11 Å². The van der Waals surface area contributed by atoms with Crippen molar-refractivity contribution in [1.82, 2.24) is 0 Å². The topological polar surface area (TPSA) is 37.3 Å². The fraction of sp³-hybridized carbons (Fsp3) is 0.167. The van der Waals surface area contributed by atoms with Crippen LogP contribution in [0.1, 0.15) is 5.56 Å². The van der Waals surface area contributed by atoms with Gasteiger partial charge in [0.15, 0.2) is 0 Å². The Morgan fingerprint density at radius 2 is 2.40 bits per heavy atom. The molecule has 0 bridgehead atoms. The maximum absolute atomic E-state index is 10.1. The van der Waals surface area contributed by atoms with Crippen molar-refractivity contribution in [3.63, 3.8) is 0 Å². The van der Waals surface area contributed by atoms with Crippen molar-refractivity contribution in [3.05, 3.63) is 22.4 Å². The molecule has 1 aromatic rings. The van der Waals surface area contributed by atoms with E-state index in [9.17, 15) is 4.79 Å². The fourth-order valence-electron chi connectivity index (χ4n) is 0.568. The van der Waals surface area contributed by atoms with Gasteiger partial charge in [0.1, 0.15) is 0 Å². The number of carbonyl (C=O) groups is 1. The van der Waals surface area contributed by atoms with Gasteiger partial charge in [0.05, 0.1) is 6.42 Å². The number of thiophene rings is 1. The summed E-state index contributed by atoms with van der Waals surface area (Å²) in [4.78, 5) is 10.1. The summed E-state index contributed by atoms with van der Waals surface area (Å²) in [7, 11) is 0. The van der Waals surface area contributed by atoms with Crippen LogP contribution in [0.3, 0.4) is 0 Å². The molecule has 0 aliphatic rings. The number of hydrogen-bond donors (Lipinski definition) is 1. The summed E-state index contributed by atoms with van der Waals surface area (Å²) in [6.45, 7) is 0. The third-order valence-corrected chi connectivity index (χ3v) is 1.67. The molecule has 1 heterocycles. The zero-order valence-corrected chi connectivity index (χ0v) is 5.52. The van der Waals surface area contributed by atoms with Crippen LogP contribution in [0.2, 0.25) is 0 Å². The van der Waals surface area contributed by atoms with E-state index in [0.717, 1.165) is 5.56 Å². The molecule has 0 unspecified atom stereocenters. The number of carboxylic acids is 1. The standard InChI is InChI=1S/C6H6O2S.Li.H/c7-6(8)3-5-1-2-9-4-5;;/h1-2,4H,3H2,(H,7,8);;. The van der Waals surface area contributed by atoms with Gasteiger partial charge in [-0.05, 0) is 22.4 Å². The number of carboxylic acid groups (broad SMARTS) is 1. The van der Waals surface area contributed by atoms with E-state index in [1.54, 1.807) is 0 Å². The molecule has 1 aromatic heterocycles. The van der Waals surface area contributed by atoms with Crippen LogP contribution < -0.4 is 0 Å². The summed E-state index contributed by atoms with van der Waals surface area (Å²) in [6, 6.07) is 1.82. The second-order valence-corrected chi connectivity index (χ2v) is 2.48. The number of hydrogen-bond acceptors (Lipinski definition) is 2. The monoisotopic (exact) mass is 150 g/mol. The summed E-state index contributed by atoms with van der Waals surface area (Å²) < 4.78 is 0. The predicted octanol–water partition coefficient (Wildman–Crippen LogP) is 0.727. The van der Waals surface area contributed by atoms with Crippen molar-refractivity contribution in [3.8, 4) is 0 Å². The van der Waals surface area contributed by atoms with Crippen LogP contribution in [0.25, 0.3) is 0 Å². The Kier molecular flexibility index (Phi) is 4.46. The van der Waals surface area contributed by atoms with Gasteiger partial charge in [-0.25, -0.2) is 0 Å². The summed E-state index contributed by atoms with van der Waals surface area (Å²) in [5, 5.41) is 12.0. The third kappa shape index (κ3) is 3.07. The Hall–Kier alpha value is -0.233. The first-order valence-corrected chi connectivity index (χ1v) is 3.46. The average molecular weight is 150 g/mol. The van der Waals surface area contributed by atoms with Gasteiger partial charge in [-0.1, -0.05) is 0 Å². The maximum atomic E-state index is 10.1. The molecule has 0 saturated carbocycles. The molecule has 0 aliphatic heterocycles. The van der Waals surface area contributed by atoms with Gasteiger partial charge >= 0.3 is 24.8 Å². The number of rotatable bonds is 2. The first-order valence-electron chi connectivity index (χ1n) is 2.52. The van der Waals surface area contributed by atoms with Crippen molar-refractivity contribution in [2.45, 2.75) is 6.42 Å². The van der Waals surface area contributed by atoms with Gasteiger partial charge in [0.2, 0.25) is 0 Å². The minimum absolute atomic E-state index is 0. The summed E-state index contributed by atoms with van der Waals surface area (Å²) in [6.07, 6.45) is 0.142. The Labute approximate surface area is 75.1 Å². The second-order valence-electron chi connectivity index (χ2n) is 1.70. The van der Waals surface area contributed by atoms with Crippen LogP contribution >= 0.6 is 11.3 Å². The van der Waals surface area contributed by atoms with E-state index in [0.29, 0.717) is 0 Å². The molecule has 0 aromatic carbocycles. The van der Waals surface area contributed by atoms with Crippen molar-refractivity contribution in [2.75, 3.05) is 0 Å². The van der Waals surface area contributed by atoms with E-state index in [1.165, 1.54) is 11.3 Å². The Morgan fingerprint density at radius 3 is 2.80 bits per heavy atom. The normalized spacial score (nSPS) is 8.40. The Balaban J connectivity index is 0.000000810. The summed E-state index contributed by atoms with van der Waals surface area (Å²) >= 11 is 1.52. The Bertz CT molecular complexity index is 196. The molecule has 0 radical (unpaired) electrons. The second kappa shape index (κ2) is 4.56. The van der Waals surface area contributed by atoms with E-state index in [-0.39, 0.29) is 25.3 Å². The van der Waals surface area contributed by atoms with Gasteiger partial charge < -0.3 is 5.11 Å². The molecular formula is C6H7LiO2S. The van der Waals surface area contributed by atoms with Crippen LogP contribution in [-0.2, 0) is 11.2 Å². The predicted molar refractivity (Wildman–Crippen MR) is 42.8 cm³/mol. The van der Waals surface area contributed by atoms with Crippen LogP contribution in [0.5, 0.6) is 0 Å². The van der Waals surface area contributed by atoms with Crippen molar-refractivity contribution < 1.29 is 9.90 Å². The molecular weight excluding hydrogens is 143 g/mol. The molecule has 1 N–H and O–H groups in total. The van der Waals surface area contributed by atoms with Crippen LogP contribution in [0, 0.1) is 0 Å². The van der Waals surface area contributed by atoms with Gasteiger partial charge in [0, 0.05) is 0 Å². The SMILES string of the molecule is O=C(O)Cc1ccsc1.[LiH]. The third-order valence-electron chi connectivity index (χ3n) is 0.935. The first-order chi connectivity index (χ1) is 4.29. The zero-order valence-electron chi connectivity index (χ0n) is 4.70. The van der Waals surface area contributed by atoms with Crippen molar-refractivity contribution in [2.24, 2.45) is 0 Å². The molecule has 0 fully saturated rings. The van der Waals surface area contributed by atoms with Crippen LogP contribution in [-0.4, -0.2) is 29.9 Å². The van der Waals surface area contributed by atoms with Gasteiger partial charge in [-0.15, -0.1) is 0 Å². The van der Waals surface area contributed by atoms with E-state index in [1.807, 2.05) is 16.8 Å². The molecule has 0 saturated heterocycles. The summed E-state index contributed by atoms with van der Waals surface area (Å²) in [5.41, 5.74) is 0.882. The molecule has 50 valence electrons. The molecule has 4 heteroatoms. The molecule has 1 rings (SSSR count).